The molecule has 1 rings (SSSR count). The van der Waals surface area contributed by atoms with Gasteiger partial charge in [0.25, 0.3) is 0 Å². The number of carbonyl (C=O) groups excluding carboxylic acids is 1. The normalized spacial score (nSPS) is 11.9. The molecule has 0 spiro atoms. The fourth-order valence-electron chi connectivity index (χ4n) is 1.45. The number of hydrogen-bond acceptors (Lipinski definition) is 2. The zero-order chi connectivity index (χ0) is 15.2. The Balaban J connectivity index is 2.77. The van der Waals surface area contributed by atoms with Crippen LogP contribution in [0.25, 0.3) is 6.08 Å². The molecule has 1 aromatic carbocycles. The summed E-state index contributed by atoms with van der Waals surface area (Å²) in [5, 5.41) is 2.82. The minimum absolute atomic E-state index is 0.0429. The van der Waals surface area contributed by atoms with Gasteiger partial charge in [0.1, 0.15) is 5.75 Å². The van der Waals surface area contributed by atoms with E-state index in [1.54, 1.807) is 18.2 Å². The minimum Gasteiger partial charge on any atom is -0.434 e. The first-order chi connectivity index (χ1) is 9.34. The lowest BCUT2D eigenvalue weighted by Gasteiger charge is -2.23. The van der Waals surface area contributed by atoms with Crippen LogP contribution in [0.3, 0.4) is 0 Å². The maximum Gasteiger partial charge on any atom is 0.387 e. The third-order valence-corrected chi connectivity index (χ3v) is 2.89. The van der Waals surface area contributed by atoms with Crippen molar-refractivity contribution in [2.45, 2.75) is 39.3 Å². The maximum absolute atomic E-state index is 12.2. The summed E-state index contributed by atoms with van der Waals surface area (Å²) in [6.07, 6.45) is 3.56. The van der Waals surface area contributed by atoms with Crippen LogP contribution in [-0.4, -0.2) is 18.1 Å². The second-order valence-electron chi connectivity index (χ2n) is 4.98. The highest BCUT2D eigenvalue weighted by molar-refractivity contribution is 5.92. The van der Waals surface area contributed by atoms with Crippen LogP contribution in [0.2, 0.25) is 0 Å². The monoisotopic (exact) mass is 283 g/mol. The molecule has 0 unspecified atom stereocenters. The van der Waals surface area contributed by atoms with Gasteiger partial charge in [-0.25, -0.2) is 0 Å². The molecule has 0 bridgehead atoms. The molecule has 0 fully saturated rings. The van der Waals surface area contributed by atoms with E-state index in [9.17, 15) is 13.6 Å². The predicted molar refractivity (Wildman–Crippen MR) is 74.6 cm³/mol. The number of alkyl halides is 2. The van der Waals surface area contributed by atoms with Crippen LogP contribution in [0.4, 0.5) is 8.78 Å². The highest BCUT2D eigenvalue weighted by Crippen LogP contribution is 2.21. The van der Waals surface area contributed by atoms with Crippen molar-refractivity contribution < 1.29 is 18.3 Å². The van der Waals surface area contributed by atoms with Crippen molar-refractivity contribution in [3.63, 3.8) is 0 Å². The third-order valence-electron chi connectivity index (χ3n) is 2.89. The van der Waals surface area contributed by atoms with Crippen LogP contribution in [-0.2, 0) is 4.79 Å². The van der Waals surface area contributed by atoms with E-state index in [1.807, 2.05) is 20.8 Å². The van der Waals surface area contributed by atoms with E-state index in [1.165, 1.54) is 18.2 Å². The van der Waals surface area contributed by atoms with E-state index in [2.05, 4.69) is 10.1 Å². The zero-order valence-corrected chi connectivity index (χ0v) is 11.8. The molecule has 5 heteroatoms. The molecule has 1 aromatic rings. The number of halogens is 2. The van der Waals surface area contributed by atoms with Gasteiger partial charge in [-0.05, 0) is 32.4 Å². The van der Waals surface area contributed by atoms with Crippen LogP contribution in [0, 0.1) is 0 Å². The van der Waals surface area contributed by atoms with E-state index in [4.69, 9.17) is 0 Å². The van der Waals surface area contributed by atoms with E-state index in [0.717, 1.165) is 6.42 Å². The van der Waals surface area contributed by atoms with Gasteiger partial charge in [-0.15, -0.1) is 0 Å². The Bertz CT molecular complexity index is 485. The van der Waals surface area contributed by atoms with Crippen molar-refractivity contribution in [3.8, 4) is 5.75 Å². The van der Waals surface area contributed by atoms with Crippen molar-refractivity contribution in [1.82, 2.24) is 5.32 Å². The van der Waals surface area contributed by atoms with Crippen molar-refractivity contribution in [3.05, 3.63) is 35.9 Å². The maximum atomic E-state index is 12.2. The molecule has 1 N–H and O–H groups in total. The first-order valence-electron chi connectivity index (χ1n) is 6.38. The Hall–Kier alpha value is -1.91. The number of para-hydroxylation sites is 1. The Morgan fingerprint density at radius 3 is 2.65 bits per heavy atom. The molecule has 1 amide bonds. The van der Waals surface area contributed by atoms with Gasteiger partial charge in [0.15, 0.2) is 0 Å². The molecule has 0 heterocycles. The average Bonchev–Trinajstić information content (AvgIpc) is 2.36. The smallest absolute Gasteiger partial charge is 0.387 e. The quantitative estimate of drug-likeness (QED) is 0.810. The van der Waals surface area contributed by atoms with Gasteiger partial charge in [-0.2, -0.15) is 8.78 Å². The first-order valence-corrected chi connectivity index (χ1v) is 6.38. The van der Waals surface area contributed by atoms with Crippen LogP contribution >= 0.6 is 0 Å². The summed E-state index contributed by atoms with van der Waals surface area (Å²) in [6, 6.07) is 6.31. The molecule has 20 heavy (non-hydrogen) atoms. The molecule has 0 aliphatic rings. The summed E-state index contributed by atoms with van der Waals surface area (Å²) >= 11 is 0. The number of rotatable bonds is 6. The lowest BCUT2D eigenvalue weighted by atomic mass is 10.0. The highest BCUT2D eigenvalue weighted by Gasteiger charge is 2.16. The van der Waals surface area contributed by atoms with E-state index in [-0.39, 0.29) is 17.2 Å². The number of hydrogen-bond donors (Lipinski definition) is 1. The molecule has 0 aliphatic heterocycles. The molecular formula is C15H19F2NO2. The molecule has 0 aliphatic carbocycles. The molecule has 3 nitrogen and oxygen atoms in total. The Labute approximate surface area is 117 Å². The molecule has 0 saturated carbocycles. The van der Waals surface area contributed by atoms with Gasteiger partial charge in [-0.3, -0.25) is 4.79 Å². The van der Waals surface area contributed by atoms with Crippen LogP contribution in [0.15, 0.2) is 30.3 Å². The van der Waals surface area contributed by atoms with Crippen molar-refractivity contribution in [2.75, 3.05) is 0 Å². The summed E-state index contributed by atoms with van der Waals surface area (Å²) in [5.74, 6) is -0.231. The Morgan fingerprint density at radius 1 is 1.40 bits per heavy atom. The zero-order valence-electron chi connectivity index (χ0n) is 11.8. The number of amides is 1. The van der Waals surface area contributed by atoms with Gasteiger partial charge >= 0.3 is 6.61 Å². The lowest BCUT2D eigenvalue weighted by molar-refractivity contribution is -0.118. The van der Waals surface area contributed by atoms with Crippen LogP contribution < -0.4 is 10.1 Å². The number of nitrogens with one attached hydrogen (secondary N) is 1. The van der Waals surface area contributed by atoms with Gasteiger partial charge in [0.05, 0.1) is 0 Å². The summed E-state index contributed by atoms with van der Waals surface area (Å²) in [4.78, 5) is 11.7. The minimum atomic E-state index is -2.89. The van der Waals surface area contributed by atoms with Crippen molar-refractivity contribution >= 4 is 12.0 Å². The van der Waals surface area contributed by atoms with Crippen molar-refractivity contribution in [1.29, 1.82) is 0 Å². The second-order valence-corrected chi connectivity index (χ2v) is 4.98. The third kappa shape index (κ3) is 5.38. The van der Waals surface area contributed by atoms with Gasteiger partial charge in [0.2, 0.25) is 5.91 Å². The fourth-order valence-corrected chi connectivity index (χ4v) is 1.45. The van der Waals surface area contributed by atoms with E-state index in [0.29, 0.717) is 5.56 Å². The summed E-state index contributed by atoms with van der Waals surface area (Å²) < 4.78 is 28.9. The van der Waals surface area contributed by atoms with Gasteiger partial charge in [-0.1, -0.05) is 25.1 Å². The number of carbonyl (C=O) groups is 1. The summed E-state index contributed by atoms with van der Waals surface area (Å²) in [7, 11) is 0. The Kier molecular flexibility index (Phi) is 5.67. The molecule has 0 aromatic heterocycles. The van der Waals surface area contributed by atoms with E-state index >= 15 is 0 Å². The van der Waals surface area contributed by atoms with Crippen molar-refractivity contribution in [2.24, 2.45) is 0 Å². The molecule has 0 saturated heterocycles. The molecular weight excluding hydrogens is 264 g/mol. The topological polar surface area (TPSA) is 38.3 Å². The van der Waals surface area contributed by atoms with Crippen LogP contribution in [0.5, 0.6) is 5.75 Å². The fraction of sp³-hybridized carbons (Fsp3) is 0.400. The largest absolute Gasteiger partial charge is 0.434 e. The molecule has 110 valence electrons. The van der Waals surface area contributed by atoms with Crippen LogP contribution in [0.1, 0.15) is 32.8 Å². The highest BCUT2D eigenvalue weighted by atomic mass is 19.3. The molecule has 0 atom stereocenters. The van der Waals surface area contributed by atoms with Gasteiger partial charge in [0, 0.05) is 17.2 Å². The summed E-state index contributed by atoms with van der Waals surface area (Å²) in [5.41, 5.74) is 0.123. The molecule has 0 radical (unpaired) electrons. The Morgan fingerprint density at radius 2 is 2.05 bits per heavy atom. The number of benzene rings is 1. The standard InChI is InChI=1S/C15H19F2NO2/c1-4-15(2,3)18-13(19)10-9-11-7-5-6-8-12(11)20-14(16)17/h5-10,14H,4H2,1-3H3,(H,18,19)/b10-9+. The summed E-state index contributed by atoms with van der Waals surface area (Å²) in [6.45, 7) is 2.90. The second kappa shape index (κ2) is 7.03. The SMILES string of the molecule is CCC(C)(C)NC(=O)/C=C/c1ccccc1OC(F)F. The van der Waals surface area contributed by atoms with Gasteiger partial charge < -0.3 is 10.1 Å². The number of ether oxygens (including phenoxy) is 1. The predicted octanol–water partition coefficient (Wildman–Crippen LogP) is 3.61. The first kappa shape index (κ1) is 16.1. The average molecular weight is 283 g/mol. The lowest BCUT2D eigenvalue weighted by Crippen LogP contribution is -2.41. The van der Waals surface area contributed by atoms with E-state index < -0.39 is 6.61 Å².